The molecule has 0 spiro atoms. The molecule has 1 aliphatic rings. The minimum Gasteiger partial charge on any atom is -0.338 e. The number of benzene rings is 1. The van der Waals surface area contributed by atoms with Gasteiger partial charge >= 0.3 is 6.03 Å². The van der Waals surface area contributed by atoms with Crippen LogP contribution in [0.4, 0.5) is 4.79 Å². The van der Waals surface area contributed by atoms with Crippen LogP contribution in [0.5, 0.6) is 0 Å². The van der Waals surface area contributed by atoms with E-state index in [4.69, 9.17) is 11.6 Å². The molecule has 1 aliphatic heterocycles. The van der Waals surface area contributed by atoms with E-state index in [1.165, 1.54) is 0 Å². The van der Waals surface area contributed by atoms with Crippen molar-refractivity contribution in [2.75, 3.05) is 19.6 Å². The van der Waals surface area contributed by atoms with Gasteiger partial charge in [-0.3, -0.25) is 9.89 Å². The largest absolute Gasteiger partial charge is 0.338 e. The van der Waals surface area contributed by atoms with E-state index < -0.39 is 0 Å². The molecule has 2 amide bonds. The molecule has 4 nitrogen and oxygen atoms in total. The van der Waals surface area contributed by atoms with E-state index in [-0.39, 0.29) is 6.03 Å². The number of carbonyl (C=O) groups excluding carboxylic acids is 1. The lowest BCUT2D eigenvalue weighted by molar-refractivity contribution is 0.224. The van der Waals surface area contributed by atoms with Crippen LogP contribution in [0.1, 0.15) is 12.5 Å². The van der Waals surface area contributed by atoms with Crippen molar-refractivity contribution in [3.8, 4) is 0 Å². The molecule has 90 valence electrons. The van der Waals surface area contributed by atoms with E-state index in [1.54, 1.807) is 11.0 Å². The molecule has 1 heterocycles. The highest BCUT2D eigenvalue weighted by Crippen LogP contribution is 2.16. The number of hydrogen-bond donors (Lipinski definition) is 1. The summed E-state index contributed by atoms with van der Waals surface area (Å²) >= 11 is 5.94. The summed E-state index contributed by atoms with van der Waals surface area (Å²) in [4.78, 5) is 17.8. The van der Waals surface area contributed by atoms with Gasteiger partial charge in [0.15, 0.2) is 0 Å². The van der Waals surface area contributed by atoms with Crippen molar-refractivity contribution in [1.82, 2.24) is 10.2 Å². The third kappa shape index (κ3) is 2.58. The number of aliphatic imine (C=N–C) groups is 1. The molecule has 0 atom stereocenters. The molecule has 1 aromatic carbocycles. The summed E-state index contributed by atoms with van der Waals surface area (Å²) in [6, 6.07) is 7.27. The molecule has 1 aromatic rings. The van der Waals surface area contributed by atoms with Gasteiger partial charge in [0.2, 0.25) is 0 Å². The Bertz CT molecular complexity index is 459. The SMILES string of the molecule is CCNC(=O)N1CCN=C1c1cccc(Cl)c1. The van der Waals surface area contributed by atoms with Crippen LogP contribution in [-0.4, -0.2) is 36.4 Å². The fraction of sp³-hybridized carbons (Fsp3) is 0.333. The van der Waals surface area contributed by atoms with E-state index in [9.17, 15) is 4.79 Å². The summed E-state index contributed by atoms with van der Waals surface area (Å²) in [5, 5.41) is 3.42. The van der Waals surface area contributed by atoms with E-state index in [0.717, 1.165) is 5.56 Å². The Kier molecular flexibility index (Phi) is 3.64. The number of urea groups is 1. The van der Waals surface area contributed by atoms with Crippen molar-refractivity contribution >= 4 is 23.5 Å². The van der Waals surface area contributed by atoms with Crippen LogP contribution in [0.15, 0.2) is 29.3 Å². The molecule has 1 N–H and O–H groups in total. The molecule has 0 saturated carbocycles. The Labute approximate surface area is 105 Å². The average molecular weight is 252 g/mol. The van der Waals surface area contributed by atoms with E-state index in [2.05, 4.69) is 10.3 Å². The Morgan fingerprint density at radius 3 is 3.12 bits per heavy atom. The highest BCUT2D eigenvalue weighted by atomic mass is 35.5. The normalized spacial score (nSPS) is 14.7. The van der Waals surface area contributed by atoms with Gasteiger partial charge in [-0.25, -0.2) is 4.79 Å². The smallest absolute Gasteiger partial charge is 0.323 e. The summed E-state index contributed by atoms with van der Waals surface area (Å²) in [5.74, 6) is 0.693. The number of nitrogens with zero attached hydrogens (tertiary/aromatic N) is 2. The van der Waals surface area contributed by atoms with Gasteiger partial charge in [0.05, 0.1) is 6.54 Å². The van der Waals surface area contributed by atoms with Crippen LogP contribution >= 0.6 is 11.6 Å². The van der Waals surface area contributed by atoms with Gasteiger partial charge in [0.25, 0.3) is 0 Å². The topological polar surface area (TPSA) is 44.7 Å². The van der Waals surface area contributed by atoms with Crippen molar-refractivity contribution in [3.05, 3.63) is 34.9 Å². The highest BCUT2D eigenvalue weighted by molar-refractivity contribution is 6.31. The second-order valence-electron chi connectivity index (χ2n) is 3.70. The standard InChI is InChI=1S/C12H14ClN3O/c1-2-14-12(17)16-7-6-15-11(16)9-4-3-5-10(13)8-9/h3-5,8H,2,6-7H2,1H3,(H,14,17). The number of amidine groups is 1. The van der Waals surface area contributed by atoms with Gasteiger partial charge in [-0.15, -0.1) is 0 Å². The third-order valence-electron chi connectivity index (χ3n) is 2.50. The first-order valence-electron chi connectivity index (χ1n) is 5.58. The molecule has 0 bridgehead atoms. The van der Waals surface area contributed by atoms with Gasteiger partial charge < -0.3 is 5.32 Å². The van der Waals surface area contributed by atoms with Crippen LogP contribution in [0.25, 0.3) is 0 Å². The maximum atomic E-state index is 11.8. The first kappa shape index (κ1) is 11.9. The molecule has 17 heavy (non-hydrogen) atoms. The molecule has 0 fully saturated rings. The average Bonchev–Trinajstić information content (AvgIpc) is 2.78. The minimum atomic E-state index is -0.108. The summed E-state index contributed by atoms with van der Waals surface area (Å²) in [6.45, 7) is 3.76. The molecule has 0 saturated heterocycles. The van der Waals surface area contributed by atoms with Crippen molar-refractivity contribution in [2.45, 2.75) is 6.92 Å². The van der Waals surface area contributed by atoms with Gasteiger partial charge in [-0.2, -0.15) is 0 Å². The fourth-order valence-corrected chi connectivity index (χ4v) is 1.96. The number of carbonyl (C=O) groups is 1. The van der Waals surface area contributed by atoms with Crippen LogP contribution in [0.3, 0.4) is 0 Å². The van der Waals surface area contributed by atoms with Crippen LogP contribution < -0.4 is 5.32 Å². The summed E-state index contributed by atoms with van der Waals surface area (Å²) in [6.07, 6.45) is 0. The minimum absolute atomic E-state index is 0.108. The second kappa shape index (κ2) is 5.19. The maximum Gasteiger partial charge on any atom is 0.323 e. The lowest BCUT2D eigenvalue weighted by Crippen LogP contribution is -2.42. The van der Waals surface area contributed by atoms with Gasteiger partial charge in [-0.05, 0) is 19.1 Å². The number of hydrogen-bond acceptors (Lipinski definition) is 2. The van der Waals surface area contributed by atoms with Crippen molar-refractivity contribution in [3.63, 3.8) is 0 Å². The zero-order valence-electron chi connectivity index (χ0n) is 9.61. The van der Waals surface area contributed by atoms with E-state index in [0.29, 0.717) is 30.5 Å². The van der Waals surface area contributed by atoms with Crippen LogP contribution in [-0.2, 0) is 0 Å². The molecule has 0 aromatic heterocycles. The monoisotopic (exact) mass is 251 g/mol. The molecule has 5 heteroatoms. The number of amides is 2. The van der Waals surface area contributed by atoms with Crippen molar-refractivity contribution < 1.29 is 4.79 Å². The predicted octanol–water partition coefficient (Wildman–Crippen LogP) is 2.13. The Morgan fingerprint density at radius 2 is 2.41 bits per heavy atom. The highest BCUT2D eigenvalue weighted by Gasteiger charge is 2.24. The Hall–Kier alpha value is -1.55. The van der Waals surface area contributed by atoms with Gasteiger partial charge in [0, 0.05) is 23.7 Å². The fourth-order valence-electron chi connectivity index (χ4n) is 1.77. The summed E-state index contributed by atoms with van der Waals surface area (Å²) in [5.41, 5.74) is 0.876. The zero-order chi connectivity index (χ0) is 12.3. The lowest BCUT2D eigenvalue weighted by Gasteiger charge is -2.18. The molecule has 0 aliphatic carbocycles. The lowest BCUT2D eigenvalue weighted by atomic mass is 10.2. The van der Waals surface area contributed by atoms with Crippen LogP contribution in [0, 0.1) is 0 Å². The van der Waals surface area contributed by atoms with Gasteiger partial charge in [-0.1, -0.05) is 23.7 Å². The first-order chi connectivity index (χ1) is 8.22. The number of halogens is 1. The molecule has 2 rings (SSSR count). The van der Waals surface area contributed by atoms with E-state index >= 15 is 0 Å². The first-order valence-corrected chi connectivity index (χ1v) is 5.96. The summed E-state index contributed by atoms with van der Waals surface area (Å²) in [7, 11) is 0. The van der Waals surface area contributed by atoms with Crippen LogP contribution in [0.2, 0.25) is 5.02 Å². The van der Waals surface area contributed by atoms with Crippen molar-refractivity contribution in [2.24, 2.45) is 4.99 Å². The van der Waals surface area contributed by atoms with Gasteiger partial charge in [0.1, 0.15) is 5.84 Å². The zero-order valence-corrected chi connectivity index (χ0v) is 10.4. The van der Waals surface area contributed by atoms with E-state index in [1.807, 2.05) is 25.1 Å². The van der Waals surface area contributed by atoms with Crippen molar-refractivity contribution in [1.29, 1.82) is 0 Å². The molecule has 0 radical (unpaired) electrons. The molecular weight excluding hydrogens is 238 g/mol. The quantitative estimate of drug-likeness (QED) is 0.860. The number of nitrogens with one attached hydrogen (secondary N) is 1. The Balaban J connectivity index is 2.23. The molecule has 0 unspecified atom stereocenters. The number of rotatable bonds is 2. The summed E-state index contributed by atoms with van der Waals surface area (Å²) < 4.78 is 0. The second-order valence-corrected chi connectivity index (χ2v) is 4.14. The Morgan fingerprint density at radius 1 is 1.59 bits per heavy atom. The molecular formula is C12H14ClN3O. The predicted molar refractivity (Wildman–Crippen MR) is 68.6 cm³/mol. The maximum absolute atomic E-state index is 11.8. The third-order valence-corrected chi connectivity index (χ3v) is 2.73.